The van der Waals surface area contributed by atoms with Crippen molar-refractivity contribution in [3.05, 3.63) is 106 Å². The van der Waals surface area contributed by atoms with E-state index in [4.69, 9.17) is 0 Å². The van der Waals surface area contributed by atoms with Crippen LogP contribution in [0.4, 0.5) is 14.9 Å². The Morgan fingerprint density at radius 3 is 2.54 bits per heavy atom. The van der Waals surface area contributed by atoms with Gasteiger partial charge in [-0.25, -0.2) is 4.39 Å². The molecule has 0 unspecified atom stereocenters. The topological polar surface area (TPSA) is 95.2 Å². The summed E-state index contributed by atoms with van der Waals surface area (Å²) < 4.78 is 14.9. The Bertz CT molecular complexity index is 1620. The van der Waals surface area contributed by atoms with Crippen LogP contribution in [0, 0.1) is 17.1 Å². The van der Waals surface area contributed by atoms with E-state index in [1.54, 1.807) is 41.1 Å². The molecule has 1 aliphatic rings. The van der Waals surface area contributed by atoms with E-state index in [0.29, 0.717) is 22.4 Å². The smallest absolute Gasteiger partial charge is 0.293 e. The number of para-hydroxylation sites is 1. The number of carbonyl (C=O) groups excluding carboxylic acids is 3. The van der Waals surface area contributed by atoms with E-state index in [-0.39, 0.29) is 23.9 Å². The van der Waals surface area contributed by atoms with Crippen LogP contribution in [0.15, 0.2) is 83.9 Å². The summed E-state index contributed by atoms with van der Waals surface area (Å²) in [5, 5.41) is 12.5. The Morgan fingerprint density at radius 2 is 1.76 bits per heavy atom. The number of hydrogen-bond acceptors (Lipinski definition) is 5. The molecule has 1 aromatic heterocycles. The van der Waals surface area contributed by atoms with Crippen LogP contribution in [0.25, 0.3) is 17.0 Å². The first kappa shape index (κ1) is 24.0. The third kappa shape index (κ3) is 5.01. The Balaban J connectivity index is 1.40. The van der Waals surface area contributed by atoms with Gasteiger partial charge in [-0.2, -0.15) is 5.26 Å². The summed E-state index contributed by atoms with van der Waals surface area (Å²) in [6.07, 6.45) is 3.41. The van der Waals surface area contributed by atoms with Crippen molar-refractivity contribution in [2.24, 2.45) is 0 Å². The number of nitriles is 1. The van der Waals surface area contributed by atoms with Gasteiger partial charge in [0.1, 0.15) is 12.4 Å². The van der Waals surface area contributed by atoms with Crippen molar-refractivity contribution in [1.82, 2.24) is 9.47 Å². The molecule has 3 aromatic carbocycles. The summed E-state index contributed by atoms with van der Waals surface area (Å²) >= 11 is 0.840. The molecule has 3 amide bonds. The zero-order chi connectivity index (χ0) is 25.9. The number of halogens is 1. The van der Waals surface area contributed by atoms with Crippen molar-refractivity contribution in [1.29, 1.82) is 5.26 Å². The number of amides is 3. The van der Waals surface area contributed by atoms with Gasteiger partial charge in [0.2, 0.25) is 5.91 Å². The summed E-state index contributed by atoms with van der Waals surface area (Å²) in [6.45, 7) is 0.00914. The average Bonchev–Trinajstić information content (AvgIpc) is 3.37. The number of nitrogens with one attached hydrogen (secondary N) is 1. The zero-order valence-electron chi connectivity index (χ0n) is 19.3. The Hall–Kier alpha value is -4.68. The summed E-state index contributed by atoms with van der Waals surface area (Å²) in [5.41, 5.74) is 2.96. The molecule has 7 nitrogen and oxygen atoms in total. The van der Waals surface area contributed by atoms with Crippen LogP contribution in [0.2, 0.25) is 0 Å². The maximum Gasteiger partial charge on any atom is 0.293 e. The SMILES string of the molecule is N#Cc1ccccc1CN1C(=O)S/C(=C/c2cn(CC(=O)Nc3ccc(F)cc3)c3ccccc23)C1=O. The first-order valence-corrected chi connectivity index (χ1v) is 12.1. The molecule has 37 heavy (non-hydrogen) atoms. The third-order valence-corrected chi connectivity index (χ3v) is 6.80. The first-order valence-electron chi connectivity index (χ1n) is 11.3. The van der Waals surface area contributed by atoms with E-state index in [2.05, 4.69) is 11.4 Å². The summed E-state index contributed by atoms with van der Waals surface area (Å²) in [7, 11) is 0. The fourth-order valence-electron chi connectivity index (χ4n) is 4.12. The highest BCUT2D eigenvalue weighted by Gasteiger charge is 2.35. The highest BCUT2D eigenvalue weighted by atomic mass is 32.2. The van der Waals surface area contributed by atoms with E-state index in [1.165, 1.54) is 24.3 Å². The van der Waals surface area contributed by atoms with Crippen molar-refractivity contribution < 1.29 is 18.8 Å². The van der Waals surface area contributed by atoms with Gasteiger partial charge in [-0.15, -0.1) is 0 Å². The van der Waals surface area contributed by atoms with Gasteiger partial charge >= 0.3 is 0 Å². The number of fused-ring (bicyclic) bond motifs is 1. The highest BCUT2D eigenvalue weighted by Crippen LogP contribution is 2.35. The lowest BCUT2D eigenvalue weighted by molar-refractivity contribution is -0.123. The van der Waals surface area contributed by atoms with Crippen molar-refractivity contribution in [3.63, 3.8) is 0 Å². The van der Waals surface area contributed by atoms with Crippen LogP contribution in [0.1, 0.15) is 16.7 Å². The molecule has 9 heteroatoms. The van der Waals surface area contributed by atoms with E-state index in [1.807, 2.05) is 24.3 Å². The third-order valence-electron chi connectivity index (χ3n) is 5.89. The van der Waals surface area contributed by atoms with Gasteiger partial charge in [-0.3, -0.25) is 19.3 Å². The minimum atomic E-state index is -0.436. The van der Waals surface area contributed by atoms with Crippen LogP contribution >= 0.6 is 11.8 Å². The molecule has 0 radical (unpaired) electrons. The van der Waals surface area contributed by atoms with Crippen molar-refractivity contribution in [2.45, 2.75) is 13.1 Å². The average molecular weight is 511 g/mol. The summed E-state index contributed by atoms with van der Waals surface area (Å²) in [6, 6.07) is 21.9. The van der Waals surface area contributed by atoms with E-state index >= 15 is 0 Å². The molecule has 0 bridgehead atoms. The quantitative estimate of drug-likeness (QED) is 0.344. The fraction of sp³-hybridized carbons (Fsp3) is 0.0714. The van der Waals surface area contributed by atoms with E-state index in [0.717, 1.165) is 27.6 Å². The van der Waals surface area contributed by atoms with E-state index in [9.17, 15) is 24.0 Å². The molecule has 2 heterocycles. The molecule has 0 aliphatic carbocycles. The van der Waals surface area contributed by atoms with E-state index < -0.39 is 17.0 Å². The second-order valence-corrected chi connectivity index (χ2v) is 9.31. The van der Waals surface area contributed by atoms with Gasteiger partial charge in [0, 0.05) is 28.4 Å². The van der Waals surface area contributed by atoms with Crippen LogP contribution in [0.3, 0.4) is 0 Å². The minimum absolute atomic E-state index is 0.00183. The lowest BCUT2D eigenvalue weighted by atomic mass is 10.1. The molecule has 0 saturated carbocycles. The normalized spacial score (nSPS) is 14.4. The Morgan fingerprint density at radius 1 is 1.03 bits per heavy atom. The first-order chi connectivity index (χ1) is 17.9. The van der Waals surface area contributed by atoms with Crippen molar-refractivity contribution in [2.75, 3.05) is 5.32 Å². The number of anilines is 1. The molecule has 1 N–H and O–H groups in total. The molecule has 1 fully saturated rings. The second-order valence-electron chi connectivity index (χ2n) is 8.32. The lowest BCUT2D eigenvalue weighted by Crippen LogP contribution is -2.27. The van der Waals surface area contributed by atoms with Crippen molar-refractivity contribution in [3.8, 4) is 6.07 Å². The van der Waals surface area contributed by atoms with Gasteiger partial charge in [-0.1, -0.05) is 36.4 Å². The van der Waals surface area contributed by atoms with Gasteiger partial charge < -0.3 is 9.88 Å². The molecule has 5 rings (SSSR count). The van der Waals surface area contributed by atoms with Crippen LogP contribution in [-0.2, 0) is 22.7 Å². The molecule has 1 aliphatic heterocycles. The van der Waals surface area contributed by atoms with Crippen LogP contribution in [-0.4, -0.2) is 26.5 Å². The number of thioether (sulfide) groups is 1. The van der Waals surface area contributed by atoms with Crippen LogP contribution < -0.4 is 5.32 Å². The maximum absolute atomic E-state index is 13.1. The predicted molar refractivity (Wildman–Crippen MR) is 140 cm³/mol. The molecular weight excluding hydrogens is 491 g/mol. The largest absolute Gasteiger partial charge is 0.337 e. The van der Waals surface area contributed by atoms with Gasteiger partial charge in [0.05, 0.1) is 23.1 Å². The predicted octanol–water partition coefficient (Wildman–Crippen LogP) is 5.53. The number of nitrogens with zero attached hydrogens (tertiary/aromatic N) is 3. The highest BCUT2D eigenvalue weighted by molar-refractivity contribution is 8.18. The maximum atomic E-state index is 13.1. The molecule has 0 spiro atoms. The number of aromatic nitrogens is 1. The Kier molecular flexibility index (Phi) is 6.58. The molecule has 1 saturated heterocycles. The van der Waals surface area contributed by atoms with Gasteiger partial charge in [-0.05, 0) is 59.8 Å². The number of hydrogen-bond donors (Lipinski definition) is 1. The standard InChI is InChI=1S/C28H19FN4O3S/c29-21-9-11-22(12-10-21)31-26(34)17-32-15-20(23-7-3-4-8-24(23)32)13-25-27(35)33(28(36)37-25)16-19-6-2-1-5-18(19)14-30/h1-13,15H,16-17H2,(H,31,34)/b25-13+. The minimum Gasteiger partial charge on any atom is -0.337 e. The van der Waals surface area contributed by atoms with Crippen LogP contribution in [0.5, 0.6) is 0 Å². The number of rotatable bonds is 6. The summed E-state index contributed by atoms with van der Waals surface area (Å²) in [5.74, 6) is -1.12. The van der Waals surface area contributed by atoms with Crippen molar-refractivity contribution >= 4 is 51.5 Å². The fourth-order valence-corrected chi connectivity index (χ4v) is 4.95. The van der Waals surface area contributed by atoms with Gasteiger partial charge in [0.15, 0.2) is 0 Å². The van der Waals surface area contributed by atoms with Gasteiger partial charge in [0.25, 0.3) is 11.1 Å². The molecule has 4 aromatic rings. The molecular formula is C28H19FN4O3S. The zero-order valence-corrected chi connectivity index (χ0v) is 20.2. The number of benzene rings is 3. The Labute approximate surface area is 215 Å². The molecule has 0 atom stereocenters. The molecule has 182 valence electrons. The second kappa shape index (κ2) is 10.1. The summed E-state index contributed by atoms with van der Waals surface area (Å²) in [4.78, 5) is 39.8. The monoisotopic (exact) mass is 510 g/mol. The lowest BCUT2D eigenvalue weighted by Gasteiger charge is -2.13. The number of imide groups is 1. The number of carbonyl (C=O) groups is 3.